The smallest absolute Gasteiger partial charge is 0.336 e. The summed E-state index contributed by atoms with van der Waals surface area (Å²) < 4.78 is 11.1. The molecule has 0 unspecified atom stereocenters. The summed E-state index contributed by atoms with van der Waals surface area (Å²) in [7, 11) is 0. The fourth-order valence-electron chi connectivity index (χ4n) is 2.82. The molecular weight excluding hydrogens is 380 g/mol. The van der Waals surface area contributed by atoms with E-state index >= 15 is 0 Å². The summed E-state index contributed by atoms with van der Waals surface area (Å²) in [5, 5.41) is 13.7. The van der Waals surface area contributed by atoms with Crippen LogP contribution in [0.15, 0.2) is 27.4 Å². The van der Waals surface area contributed by atoms with E-state index in [0.29, 0.717) is 23.1 Å². The average molecular weight is 404 g/mol. The van der Waals surface area contributed by atoms with E-state index in [0.717, 1.165) is 17.5 Å². The minimum absolute atomic E-state index is 0.371. The van der Waals surface area contributed by atoms with Crippen LogP contribution >= 0.6 is 0 Å². The third-order valence-corrected chi connectivity index (χ3v) is 4.09. The number of aliphatic carboxylic acids is 1. The molecule has 1 heterocycles. The molecule has 0 saturated heterocycles. The zero-order chi connectivity index (χ0) is 21.6. The summed E-state index contributed by atoms with van der Waals surface area (Å²) in [6, 6.07) is 4.91. The van der Waals surface area contributed by atoms with E-state index in [1.54, 1.807) is 12.1 Å². The fraction of sp³-hybridized carbons (Fsp3) is 0.400. The highest BCUT2D eigenvalue weighted by atomic mass is 16.5. The number of hydrogen-bond donors (Lipinski definition) is 3. The van der Waals surface area contributed by atoms with E-state index in [4.69, 9.17) is 14.3 Å². The van der Waals surface area contributed by atoms with E-state index < -0.39 is 36.1 Å². The summed E-state index contributed by atoms with van der Waals surface area (Å²) >= 11 is 0. The largest absolute Gasteiger partial charge is 0.480 e. The molecule has 2 aromatic rings. The van der Waals surface area contributed by atoms with Crippen LogP contribution in [0.2, 0.25) is 0 Å². The molecule has 3 N–H and O–H groups in total. The predicted octanol–water partition coefficient (Wildman–Crippen LogP) is 1.14. The van der Waals surface area contributed by atoms with Gasteiger partial charge in [0, 0.05) is 6.07 Å². The van der Waals surface area contributed by atoms with E-state index in [9.17, 15) is 19.2 Å². The first-order valence-corrected chi connectivity index (χ1v) is 9.21. The number of carboxylic acid groups (broad SMARTS) is 1. The maximum Gasteiger partial charge on any atom is 0.336 e. The lowest BCUT2D eigenvalue weighted by Crippen LogP contribution is -2.43. The lowest BCUT2D eigenvalue weighted by Gasteiger charge is -2.17. The second-order valence-electron chi connectivity index (χ2n) is 6.63. The summed E-state index contributed by atoms with van der Waals surface area (Å²) in [5.74, 6) is -1.94. The topological polar surface area (TPSA) is 135 Å². The Morgan fingerprint density at radius 2 is 1.90 bits per heavy atom. The molecule has 0 aliphatic rings. The molecule has 0 aliphatic carbocycles. The highest BCUT2D eigenvalue weighted by molar-refractivity contribution is 5.90. The van der Waals surface area contributed by atoms with Crippen LogP contribution in [0.4, 0.5) is 0 Å². The highest BCUT2D eigenvalue weighted by Gasteiger charge is 2.19. The van der Waals surface area contributed by atoms with Crippen LogP contribution < -0.4 is 21.0 Å². The molecule has 1 aromatic carbocycles. The molecule has 0 spiro atoms. The number of aryl methyl sites for hydroxylation is 2. The number of amides is 2. The molecule has 1 aromatic heterocycles. The number of carbonyl (C=O) groups excluding carboxylic acids is 2. The molecule has 9 heteroatoms. The van der Waals surface area contributed by atoms with Crippen LogP contribution in [0.25, 0.3) is 11.0 Å². The summed E-state index contributed by atoms with van der Waals surface area (Å²) in [5.41, 5.74) is 1.51. The highest BCUT2D eigenvalue weighted by Crippen LogP contribution is 2.31. The summed E-state index contributed by atoms with van der Waals surface area (Å²) in [6.07, 6.45) is 0.521. The molecule has 29 heavy (non-hydrogen) atoms. The molecule has 9 nitrogen and oxygen atoms in total. The quantitative estimate of drug-likeness (QED) is 0.533. The third kappa shape index (κ3) is 6.06. The van der Waals surface area contributed by atoms with Crippen molar-refractivity contribution in [1.82, 2.24) is 10.6 Å². The van der Waals surface area contributed by atoms with Gasteiger partial charge in [0.2, 0.25) is 5.91 Å². The maximum atomic E-state index is 12.3. The molecule has 0 aliphatic heterocycles. The molecule has 0 saturated carbocycles. The van der Waals surface area contributed by atoms with Gasteiger partial charge in [-0.05, 0) is 43.5 Å². The van der Waals surface area contributed by atoms with E-state index in [1.807, 2.05) is 13.8 Å². The fourth-order valence-corrected chi connectivity index (χ4v) is 2.82. The first kappa shape index (κ1) is 21.9. The van der Waals surface area contributed by atoms with Gasteiger partial charge in [-0.25, -0.2) is 4.79 Å². The predicted molar refractivity (Wildman–Crippen MR) is 105 cm³/mol. The van der Waals surface area contributed by atoms with Crippen molar-refractivity contribution in [3.05, 3.63) is 39.7 Å². The van der Waals surface area contributed by atoms with Gasteiger partial charge in [0.1, 0.15) is 17.9 Å². The summed E-state index contributed by atoms with van der Waals surface area (Å²) in [4.78, 5) is 46.1. The lowest BCUT2D eigenvalue weighted by molar-refractivity contribution is -0.137. The first-order valence-electron chi connectivity index (χ1n) is 9.21. The van der Waals surface area contributed by atoms with Gasteiger partial charge >= 0.3 is 11.6 Å². The number of carboxylic acids is 1. The van der Waals surface area contributed by atoms with E-state index in [2.05, 4.69) is 10.6 Å². The zero-order valence-corrected chi connectivity index (χ0v) is 16.5. The Morgan fingerprint density at radius 1 is 1.17 bits per heavy atom. The molecule has 0 bridgehead atoms. The number of ether oxygens (including phenoxy) is 1. The van der Waals surface area contributed by atoms with Crippen molar-refractivity contribution in [3.8, 4) is 5.75 Å². The molecule has 0 radical (unpaired) electrons. The maximum absolute atomic E-state index is 12.3. The summed E-state index contributed by atoms with van der Waals surface area (Å²) in [6.45, 7) is 4.43. The van der Waals surface area contributed by atoms with E-state index in [-0.39, 0.29) is 6.54 Å². The monoisotopic (exact) mass is 404 g/mol. The van der Waals surface area contributed by atoms with Crippen molar-refractivity contribution < 1.29 is 28.6 Å². The number of hydrogen-bond acceptors (Lipinski definition) is 6. The van der Waals surface area contributed by atoms with Crippen molar-refractivity contribution in [3.63, 3.8) is 0 Å². The average Bonchev–Trinajstić information content (AvgIpc) is 2.63. The Hall–Kier alpha value is -3.36. The van der Waals surface area contributed by atoms with Crippen LogP contribution in [0.1, 0.15) is 31.4 Å². The number of fused-ring (bicyclic) bond motifs is 1. The van der Waals surface area contributed by atoms with Crippen molar-refractivity contribution in [1.29, 1.82) is 0 Å². The van der Waals surface area contributed by atoms with Crippen molar-refractivity contribution in [2.24, 2.45) is 0 Å². The van der Waals surface area contributed by atoms with Gasteiger partial charge in [-0.3, -0.25) is 14.4 Å². The Labute approximate surface area is 167 Å². The van der Waals surface area contributed by atoms with Crippen molar-refractivity contribution in [2.45, 2.75) is 39.7 Å². The third-order valence-electron chi connectivity index (χ3n) is 4.09. The molecule has 156 valence electrons. The second kappa shape index (κ2) is 9.72. The van der Waals surface area contributed by atoms with Crippen molar-refractivity contribution in [2.75, 3.05) is 13.1 Å². The lowest BCUT2D eigenvalue weighted by atomic mass is 10.0. The van der Waals surface area contributed by atoms with Crippen LogP contribution in [-0.2, 0) is 20.8 Å². The number of carbonyl (C=O) groups is 3. The molecule has 2 amide bonds. The molecule has 0 fully saturated rings. The van der Waals surface area contributed by atoms with Crippen LogP contribution in [0, 0.1) is 6.92 Å². The Bertz CT molecular complexity index is 981. The van der Waals surface area contributed by atoms with Gasteiger partial charge < -0.3 is 24.9 Å². The minimum atomic E-state index is -1.18. The van der Waals surface area contributed by atoms with Crippen LogP contribution in [-0.4, -0.2) is 42.1 Å². The van der Waals surface area contributed by atoms with Crippen molar-refractivity contribution >= 4 is 28.8 Å². The zero-order valence-electron chi connectivity index (χ0n) is 16.5. The minimum Gasteiger partial charge on any atom is -0.480 e. The first-order chi connectivity index (χ1) is 13.7. The second-order valence-corrected chi connectivity index (χ2v) is 6.63. The van der Waals surface area contributed by atoms with Gasteiger partial charge in [-0.15, -0.1) is 0 Å². The molecule has 2 rings (SSSR count). The Kier molecular flexibility index (Phi) is 7.35. The Morgan fingerprint density at radius 3 is 2.55 bits per heavy atom. The van der Waals surface area contributed by atoms with Gasteiger partial charge in [-0.1, -0.05) is 13.3 Å². The Balaban J connectivity index is 2.18. The van der Waals surface area contributed by atoms with Gasteiger partial charge in [0.05, 0.1) is 11.9 Å². The number of benzene rings is 1. The number of nitrogens with one attached hydrogen (secondary N) is 2. The molecule has 1 atom stereocenters. The van der Waals surface area contributed by atoms with Crippen LogP contribution in [0.5, 0.6) is 5.75 Å². The number of rotatable bonds is 9. The molecular formula is C20H24N2O7. The van der Waals surface area contributed by atoms with Gasteiger partial charge in [0.25, 0.3) is 5.91 Å². The standard InChI is InChI=1S/C20H24N2O7/c1-4-5-13-8-18(26)29-15-7-11(2)6-14(19(13)15)28-12(3)20(27)22-9-16(23)21-10-17(24)25/h6-8,12H,4-5,9-10H2,1-3H3,(H,21,23)(H,22,27)(H,24,25)/t12-/m0/s1. The van der Waals surface area contributed by atoms with E-state index in [1.165, 1.54) is 13.0 Å². The van der Waals surface area contributed by atoms with Gasteiger partial charge in [-0.2, -0.15) is 0 Å². The SMILES string of the molecule is CCCc1cc(=O)oc2cc(C)cc(O[C@@H](C)C(=O)NCC(=O)NCC(=O)O)c12. The van der Waals surface area contributed by atoms with Gasteiger partial charge in [0.15, 0.2) is 6.10 Å². The normalized spacial score (nSPS) is 11.7. The van der Waals surface area contributed by atoms with Crippen LogP contribution in [0.3, 0.4) is 0 Å².